The third-order valence-electron chi connectivity index (χ3n) is 5.96. The lowest BCUT2D eigenvalue weighted by atomic mass is 9.48. The number of rotatable bonds is 3. The summed E-state index contributed by atoms with van der Waals surface area (Å²) in [7, 11) is 0. The van der Waals surface area contributed by atoms with Crippen molar-refractivity contribution in [3.63, 3.8) is 0 Å². The van der Waals surface area contributed by atoms with Crippen molar-refractivity contribution in [2.45, 2.75) is 57.9 Å². The Labute approximate surface area is 121 Å². The molecule has 0 spiro atoms. The van der Waals surface area contributed by atoms with Crippen LogP contribution in [0.3, 0.4) is 0 Å². The van der Waals surface area contributed by atoms with Gasteiger partial charge < -0.3 is 5.73 Å². The maximum absolute atomic E-state index is 6.46. The first-order valence-electron chi connectivity index (χ1n) is 8.17. The molecule has 0 amide bonds. The molecule has 0 aromatic carbocycles. The van der Waals surface area contributed by atoms with Gasteiger partial charge in [-0.05, 0) is 81.1 Å². The van der Waals surface area contributed by atoms with Crippen LogP contribution in [0.25, 0.3) is 0 Å². The van der Waals surface area contributed by atoms with Gasteiger partial charge in [0.1, 0.15) is 5.82 Å². The molecule has 1 aromatic heterocycles. The number of hydrogen-bond donors (Lipinski definition) is 1. The summed E-state index contributed by atoms with van der Waals surface area (Å²) in [5.74, 6) is 3.83. The maximum Gasteiger partial charge on any atom is 0.145 e. The Morgan fingerprint density at radius 1 is 1.20 bits per heavy atom. The molecule has 4 aliphatic carbocycles. The van der Waals surface area contributed by atoms with Gasteiger partial charge in [-0.1, -0.05) is 0 Å². The standard InChI is InChI=1S/C17H25N3/c1-11-2-3-19-16(20-11)15(18)10-17-7-12-4-13(8-17)6-14(5-12)9-17/h2-3,12-15H,4-10,18H2,1H3. The molecule has 4 fully saturated rings. The Kier molecular flexibility index (Phi) is 2.88. The van der Waals surface area contributed by atoms with Crippen LogP contribution in [0.1, 0.15) is 62.5 Å². The third-order valence-corrected chi connectivity index (χ3v) is 5.96. The van der Waals surface area contributed by atoms with Crippen LogP contribution in [0.15, 0.2) is 12.3 Å². The largest absolute Gasteiger partial charge is 0.321 e. The molecule has 0 radical (unpaired) electrons. The number of nitrogens with zero attached hydrogens (tertiary/aromatic N) is 2. The monoisotopic (exact) mass is 271 g/mol. The van der Waals surface area contributed by atoms with Gasteiger partial charge in [0.25, 0.3) is 0 Å². The van der Waals surface area contributed by atoms with Crippen LogP contribution in [0.4, 0.5) is 0 Å². The van der Waals surface area contributed by atoms with Gasteiger partial charge in [0.2, 0.25) is 0 Å². The molecule has 1 aromatic rings. The zero-order chi connectivity index (χ0) is 13.7. The van der Waals surface area contributed by atoms with E-state index in [0.717, 1.165) is 35.7 Å². The summed E-state index contributed by atoms with van der Waals surface area (Å²) in [4.78, 5) is 8.94. The molecule has 0 aliphatic heterocycles. The fraction of sp³-hybridized carbons (Fsp3) is 0.765. The summed E-state index contributed by atoms with van der Waals surface area (Å²) in [5.41, 5.74) is 8.00. The molecule has 4 aliphatic rings. The zero-order valence-electron chi connectivity index (χ0n) is 12.4. The van der Waals surface area contributed by atoms with E-state index in [1.165, 1.54) is 38.5 Å². The second kappa shape index (κ2) is 4.52. The highest BCUT2D eigenvalue weighted by atomic mass is 14.9. The van der Waals surface area contributed by atoms with Crippen molar-refractivity contribution < 1.29 is 0 Å². The lowest BCUT2D eigenvalue weighted by Crippen LogP contribution is -2.47. The van der Waals surface area contributed by atoms with Gasteiger partial charge >= 0.3 is 0 Å². The Morgan fingerprint density at radius 3 is 2.35 bits per heavy atom. The van der Waals surface area contributed by atoms with E-state index < -0.39 is 0 Å². The smallest absolute Gasteiger partial charge is 0.145 e. The van der Waals surface area contributed by atoms with E-state index in [2.05, 4.69) is 9.97 Å². The molecule has 4 bridgehead atoms. The van der Waals surface area contributed by atoms with Crippen molar-refractivity contribution in [2.75, 3.05) is 0 Å². The van der Waals surface area contributed by atoms with Crippen molar-refractivity contribution in [1.82, 2.24) is 9.97 Å². The topological polar surface area (TPSA) is 51.8 Å². The van der Waals surface area contributed by atoms with E-state index in [0.29, 0.717) is 5.41 Å². The Bertz CT molecular complexity index is 475. The van der Waals surface area contributed by atoms with Gasteiger partial charge in [0.15, 0.2) is 0 Å². The average Bonchev–Trinajstić information content (AvgIpc) is 2.36. The van der Waals surface area contributed by atoms with Crippen LogP contribution in [0.5, 0.6) is 0 Å². The summed E-state index contributed by atoms with van der Waals surface area (Å²) < 4.78 is 0. The van der Waals surface area contributed by atoms with E-state index in [1.54, 1.807) is 0 Å². The first kappa shape index (κ1) is 12.8. The number of aryl methyl sites for hydroxylation is 1. The van der Waals surface area contributed by atoms with E-state index in [9.17, 15) is 0 Å². The average molecular weight is 271 g/mol. The highest BCUT2D eigenvalue weighted by Gasteiger charge is 2.51. The Balaban J connectivity index is 1.53. The van der Waals surface area contributed by atoms with Crippen LogP contribution < -0.4 is 5.73 Å². The highest BCUT2D eigenvalue weighted by Crippen LogP contribution is 2.62. The van der Waals surface area contributed by atoms with Crippen LogP contribution in [0, 0.1) is 30.1 Å². The SMILES string of the molecule is Cc1ccnc(C(N)CC23CC4CC(CC(C4)C2)C3)n1. The molecule has 4 saturated carbocycles. The third kappa shape index (κ3) is 2.16. The molecular weight excluding hydrogens is 246 g/mol. The second-order valence-electron chi connectivity index (χ2n) is 7.78. The second-order valence-corrected chi connectivity index (χ2v) is 7.78. The molecule has 1 atom stereocenters. The number of hydrogen-bond acceptors (Lipinski definition) is 3. The molecule has 1 heterocycles. The zero-order valence-corrected chi connectivity index (χ0v) is 12.4. The van der Waals surface area contributed by atoms with Crippen LogP contribution >= 0.6 is 0 Å². The van der Waals surface area contributed by atoms with E-state index >= 15 is 0 Å². The Morgan fingerprint density at radius 2 is 1.80 bits per heavy atom. The minimum absolute atomic E-state index is 0.0196. The minimum Gasteiger partial charge on any atom is -0.321 e. The number of nitrogens with two attached hydrogens (primary N) is 1. The molecule has 20 heavy (non-hydrogen) atoms. The summed E-state index contributed by atoms with van der Waals surface area (Å²) in [6, 6.07) is 1.96. The molecule has 2 N–H and O–H groups in total. The van der Waals surface area contributed by atoms with Crippen LogP contribution in [-0.4, -0.2) is 9.97 Å². The fourth-order valence-corrected chi connectivity index (χ4v) is 5.74. The van der Waals surface area contributed by atoms with Gasteiger partial charge in [-0.3, -0.25) is 0 Å². The van der Waals surface area contributed by atoms with Crippen molar-refractivity contribution >= 4 is 0 Å². The van der Waals surface area contributed by atoms with Crippen LogP contribution in [-0.2, 0) is 0 Å². The fourth-order valence-electron chi connectivity index (χ4n) is 5.74. The van der Waals surface area contributed by atoms with Crippen molar-refractivity contribution in [2.24, 2.45) is 28.9 Å². The summed E-state index contributed by atoms with van der Waals surface area (Å²) >= 11 is 0. The van der Waals surface area contributed by atoms with E-state index in [-0.39, 0.29) is 6.04 Å². The summed E-state index contributed by atoms with van der Waals surface area (Å²) in [6.45, 7) is 2.02. The Hall–Kier alpha value is -0.960. The minimum atomic E-state index is 0.0196. The molecule has 3 heteroatoms. The summed E-state index contributed by atoms with van der Waals surface area (Å²) in [6.07, 6.45) is 11.7. The quantitative estimate of drug-likeness (QED) is 0.916. The van der Waals surface area contributed by atoms with Crippen molar-refractivity contribution in [1.29, 1.82) is 0 Å². The summed E-state index contributed by atoms with van der Waals surface area (Å²) in [5, 5.41) is 0. The lowest BCUT2D eigenvalue weighted by molar-refractivity contribution is -0.0608. The molecule has 0 saturated heterocycles. The number of aromatic nitrogens is 2. The molecule has 5 rings (SSSR count). The van der Waals surface area contributed by atoms with Gasteiger partial charge in [-0.2, -0.15) is 0 Å². The predicted molar refractivity (Wildman–Crippen MR) is 78.9 cm³/mol. The van der Waals surface area contributed by atoms with Crippen molar-refractivity contribution in [3.05, 3.63) is 23.8 Å². The highest BCUT2D eigenvalue weighted by molar-refractivity contribution is 5.07. The molecule has 108 valence electrons. The van der Waals surface area contributed by atoms with E-state index in [1.807, 2.05) is 19.2 Å². The molecule has 3 nitrogen and oxygen atoms in total. The van der Waals surface area contributed by atoms with E-state index in [4.69, 9.17) is 5.73 Å². The van der Waals surface area contributed by atoms with Crippen LogP contribution in [0.2, 0.25) is 0 Å². The first-order chi connectivity index (χ1) is 9.62. The van der Waals surface area contributed by atoms with Gasteiger partial charge in [0, 0.05) is 11.9 Å². The van der Waals surface area contributed by atoms with Gasteiger partial charge in [0.05, 0.1) is 6.04 Å². The normalized spacial score (nSPS) is 40.0. The van der Waals surface area contributed by atoms with Gasteiger partial charge in [-0.15, -0.1) is 0 Å². The first-order valence-corrected chi connectivity index (χ1v) is 8.17. The predicted octanol–water partition coefficient (Wildman–Crippen LogP) is 3.39. The maximum atomic E-state index is 6.46. The molecule has 1 unspecified atom stereocenters. The lowest BCUT2D eigenvalue weighted by Gasteiger charge is -2.57. The van der Waals surface area contributed by atoms with Crippen molar-refractivity contribution in [3.8, 4) is 0 Å². The van der Waals surface area contributed by atoms with Gasteiger partial charge in [-0.25, -0.2) is 9.97 Å². The molecular formula is C17H25N3.